The maximum atomic E-state index is 9.86. The number of carboxylic acid groups (broad SMARTS) is 1. The van der Waals surface area contributed by atoms with Crippen molar-refractivity contribution in [2.24, 2.45) is 0 Å². The molecule has 0 aliphatic rings. The molecule has 0 amide bonds. The molecule has 0 aliphatic carbocycles. The second-order valence-electron chi connectivity index (χ2n) is 1.31. The molecule has 0 atom stereocenters. The van der Waals surface area contributed by atoms with Crippen LogP contribution in [0.5, 0.6) is 0 Å². The van der Waals surface area contributed by atoms with Crippen LogP contribution in [-0.4, -0.2) is 23.2 Å². The molecule has 0 bridgehead atoms. The molecule has 0 aromatic rings. The summed E-state index contributed by atoms with van der Waals surface area (Å²) in [6.07, 6.45) is 1.20. The number of allylic oxidation sites excluding steroid dienone is 1. The van der Waals surface area contributed by atoms with Crippen LogP contribution in [-0.2, 0) is 9.59 Å². The minimum Gasteiger partial charge on any atom is -0.478 e. The van der Waals surface area contributed by atoms with Crippen molar-refractivity contribution in [3.8, 4) is 0 Å². The number of hydrogen-bond donors (Lipinski definition) is 1. The van der Waals surface area contributed by atoms with Crippen molar-refractivity contribution in [1.82, 2.24) is 0 Å². The number of aldehydes is 1. The summed E-state index contributed by atoms with van der Waals surface area (Å²) in [7, 11) is 0. The normalized spacial score (nSPS) is 11.0. The Bertz CT molecular complexity index is 150. The van der Waals surface area contributed by atoms with E-state index in [0.29, 0.717) is 6.29 Å². The van der Waals surface area contributed by atoms with E-state index in [1.165, 1.54) is 0 Å². The summed E-state index contributed by atoms with van der Waals surface area (Å²) in [5.41, 5.74) is 0.0733. The zero-order valence-corrected chi connectivity index (χ0v) is 5.26. The first kappa shape index (κ1) is 8.17. The van der Waals surface area contributed by atoms with Gasteiger partial charge in [0.1, 0.15) is 6.29 Å². The van der Waals surface area contributed by atoms with E-state index < -0.39 is 5.97 Å². The van der Waals surface area contributed by atoms with Gasteiger partial charge in [0.05, 0.1) is 5.88 Å². The maximum Gasteiger partial charge on any atom is 0.328 e. The molecule has 50 valence electrons. The third-order valence-electron chi connectivity index (χ3n) is 0.615. The van der Waals surface area contributed by atoms with E-state index in [4.69, 9.17) is 16.7 Å². The highest BCUT2D eigenvalue weighted by atomic mass is 35.5. The molecule has 3 nitrogen and oxygen atoms in total. The van der Waals surface area contributed by atoms with Crippen molar-refractivity contribution in [3.05, 3.63) is 11.6 Å². The van der Waals surface area contributed by atoms with Gasteiger partial charge in [-0.05, 0) is 0 Å². The molecule has 9 heavy (non-hydrogen) atoms. The Morgan fingerprint density at radius 1 is 1.67 bits per heavy atom. The molecule has 0 saturated carbocycles. The number of carboxylic acids is 1. The predicted octanol–water partition coefficient (Wildman–Crippen LogP) is 0.435. The van der Waals surface area contributed by atoms with Gasteiger partial charge in [0.25, 0.3) is 0 Å². The largest absolute Gasteiger partial charge is 0.478 e. The first-order valence-corrected chi connectivity index (χ1v) is 2.68. The lowest BCUT2D eigenvalue weighted by Crippen LogP contribution is -1.94. The SMILES string of the molecule is O=C/C(=C\C(=O)O)CCl. The minimum absolute atomic E-state index is 0.0597. The van der Waals surface area contributed by atoms with Crippen molar-refractivity contribution in [1.29, 1.82) is 0 Å². The second kappa shape index (κ2) is 4.09. The molecule has 0 saturated heterocycles. The van der Waals surface area contributed by atoms with Crippen LogP contribution in [0.2, 0.25) is 0 Å². The van der Waals surface area contributed by atoms with Gasteiger partial charge in [-0.2, -0.15) is 0 Å². The fourth-order valence-electron chi connectivity index (χ4n) is 0.263. The Kier molecular flexibility index (Phi) is 3.71. The van der Waals surface area contributed by atoms with Gasteiger partial charge >= 0.3 is 5.97 Å². The molecular formula is C5H5ClO3. The third-order valence-corrected chi connectivity index (χ3v) is 0.923. The molecule has 0 spiro atoms. The Morgan fingerprint density at radius 2 is 2.22 bits per heavy atom. The van der Waals surface area contributed by atoms with E-state index in [-0.39, 0.29) is 11.5 Å². The molecular weight excluding hydrogens is 144 g/mol. The fraction of sp³-hybridized carbons (Fsp3) is 0.200. The molecule has 4 heteroatoms. The fourth-order valence-corrected chi connectivity index (χ4v) is 0.403. The summed E-state index contributed by atoms with van der Waals surface area (Å²) < 4.78 is 0. The van der Waals surface area contributed by atoms with Gasteiger partial charge in [-0.1, -0.05) is 0 Å². The number of aliphatic carboxylic acids is 1. The van der Waals surface area contributed by atoms with Crippen LogP contribution < -0.4 is 0 Å². The number of alkyl halides is 1. The van der Waals surface area contributed by atoms with Crippen molar-refractivity contribution >= 4 is 23.9 Å². The van der Waals surface area contributed by atoms with Crippen LogP contribution in [0.1, 0.15) is 0 Å². The molecule has 0 aromatic heterocycles. The highest BCUT2D eigenvalue weighted by molar-refractivity contribution is 6.21. The van der Waals surface area contributed by atoms with Gasteiger partial charge in [0.15, 0.2) is 0 Å². The van der Waals surface area contributed by atoms with Crippen LogP contribution in [0.3, 0.4) is 0 Å². The van der Waals surface area contributed by atoms with E-state index >= 15 is 0 Å². The summed E-state index contributed by atoms with van der Waals surface area (Å²) >= 11 is 5.15. The van der Waals surface area contributed by atoms with Crippen molar-refractivity contribution in [2.75, 3.05) is 5.88 Å². The van der Waals surface area contributed by atoms with Crippen molar-refractivity contribution in [3.63, 3.8) is 0 Å². The smallest absolute Gasteiger partial charge is 0.328 e. The molecule has 0 rings (SSSR count). The predicted molar refractivity (Wildman–Crippen MR) is 32.5 cm³/mol. The third kappa shape index (κ3) is 3.73. The van der Waals surface area contributed by atoms with Gasteiger partial charge in [-0.15, -0.1) is 11.6 Å². The van der Waals surface area contributed by atoms with E-state index in [1.54, 1.807) is 0 Å². The zero-order valence-electron chi connectivity index (χ0n) is 4.50. The number of carbonyl (C=O) groups excluding carboxylic acids is 1. The van der Waals surface area contributed by atoms with Gasteiger partial charge in [-0.25, -0.2) is 4.79 Å². The van der Waals surface area contributed by atoms with E-state index in [2.05, 4.69) is 0 Å². The molecule has 1 N–H and O–H groups in total. The summed E-state index contributed by atoms with van der Waals surface area (Å²) in [5, 5.41) is 8.05. The monoisotopic (exact) mass is 148 g/mol. The average molecular weight is 149 g/mol. The quantitative estimate of drug-likeness (QED) is 0.359. The first-order valence-electron chi connectivity index (χ1n) is 2.15. The molecule has 0 heterocycles. The second-order valence-corrected chi connectivity index (χ2v) is 1.58. The summed E-state index contributed by atoms with van der Waals surface area (Å²) in [6.45, 7) is 0. The topological polar surface area (TPSA) is 54.4 Å². The number of rotatable bonds is 3. The Labute approximate surface area is 56.9 Å². The Morgan fingerprint density at radius 3 is 2.33 bits per heavy atom. The lowest BCUT2D eigenvalue weighted by molar-refractivity contribution is -0.131. The highest BCUT2D eigenvalue weighted by Crippen LogP contribution is 1.91. The summed E-state index contributed by atoms with van der Waals surface area (Å²) in [5.74, 6) is -1.21. The van der Waals surface area contributed by atoms with Crippen LogP contribution in [0.25, 0.3) is 0 Å². The molecule has 0 aliphatic heterocycles. The van der Waals surface area contributed by atoms with E-state index in [0.717, 1.165) is 6.08 Å². The van der Waals surface area contributed by atoms with Crippen molar-refractivity contribution < 1.29 is 14.7 Å². The number of carbonyl (C=O) groups is 2. The van der Waals surface area contributed by atoms with Gasteiger partial charge in [0, 0.05) is 11.6 Å². The zero-order chi connectivity index (χ0) is 7.28. The molecule has 0 fully saturated rings. The lowest BCUT2D eigenvalue weighted by Gasteiger charge is -1.85. The summed E-state index contributed by atoms with van der Waals surface area (Å²) in [6, 6.07) is 0. The minimum atomic E-state index is -1.15. The number of hydrogen-bond acceptors (Lipinski definition) is 2. The number of halogens is 1. The Balaban J connectivity index is 4.07. The van der Waals surface area contributed by atoms with Crippen molar-refractivity contribution in [2.45, 2.75) is 0 Å². The van der Waals surface area contributed by atoms with Crippen LogP contribution in [0.4, 0.5) is 0 Å². The molecule has 0 aromatic carbocycles. The summed E-state index contributed by atoms with van der Waals surface area (Å²) in [4.78, 5) is 19.7. The van der Waals surface area contributed by atoms with E-state index in [9.17, 15) is 9.59 Å². The first-order chi connectivity index (χ1) is 4.20. The average Bonchev–Trinajstić information content (AvgIpc) is 1.82. The van der Waals surface area contributed by atoms with E-state index in [1.807, 2.05) is 0 Å². The maximum absolute atomic E-state index is 9.86. The molecule has 0 unspecified atom stereocenters. The van der Waals surface area contributed by atoms with Gasteiger partial charge in [-0.3, -0.25) is 4.79 Å². The highest BCUT2D eigenvalue weighted by Gasteiger charge is 1.94. The van der Waals surface area contributed by atoms with Gasteiger partial charge in [0.2, 0.25) is 0 Å². The van der Waals surface area contributed by atoms with Crippen LogP contribution in [0.15, 0.2) is 11.6 Å². The van der Waals surface area contributed by atoms with Crippen LogP contribution >= 0.6 is 11.6 Å². The Hall–Kier alpha value is -0.830. The lowest BCUT2D eigenvalue weighted by atomic mass is 10.3. The van der Waals surface area contributed by atoms with Gasteiger partial charge < -0.3 is 5.11 Å². The van der Waals surface area contributed by atoms with Crippen LogP contribution in [0, 0.1) is 0 Å². The standard InChI is InChI=1S/C5H5ClO3/c6-2-4(3-7)1-5(8)9/h1,3H,2H2,(H,8,9)/b4-1-. The molecule has 0 radical (unpaired) electrons.